The summed E-state index contributed by atoms with van der Waals surface area (Å²) >= 11 is 7.02. The summed E-state index contributed by atoms with van der Waals surface area (Å²) in [5.74, 6) is -1.62. The van der Waals surface area contributed by atoms with Crippen LogP contribution in [0.15, 0.2) is 29.2 Å². The average Bonchev–Trinajstić information content (AvgIpc) is 2.74. The van der Waals surface area contributed by atoms with Crippen molar-refractivity contribution in [2.24, 2.45) is 0 Å². The van der Waals surface area contributed by atoms with Gasteiger partial charge in [-0.3, -0.25) is 4.79 Å². The molecule has 10 heteroatoms. The molecule has 0 spiro atoms. The summed E-state index contributed by atoms with van der Waals surface area (Å²) < 4.78 is 26.5. The molecule has 2 aliphatic heterocycles. The lowest BCUT2D eigenvalue weighted by molar-refractivity contribution is -0.159. The van der Waals surface area contributed by atoms with Gasteiger partial charge in [-0.2, -0.15) is 4.72 Å². The molecule has 2 aliphatic rings. The summed E-state index contributed by atoms with van der Waals surface area (Å²) in [6, 6.07) is 3.63. The van der Waals surface area contributed by atoms with Crippen LogP contribution >= 0.6 is 23.4 Å². The molecule has 0 aromatic heterocycles. The molecule has 2 heterocycles. The maximum atomic E-state index is 12.4. The van der Waals surface area contributed by atoms with Crippen LogP contribution in [0, 0.1) is 0 Å². The molecular weight excluding hydrogens is 376 g/mol. The van der Waals surface area contributed by atoms with E-state index in [1.54, 1.807) is 13.8 Å². The smallest absolute Gasteiger partial charge is 0.327 e. The number of hydrogen-bond acceptors (Lipinski definition) is 5. The molecule has 1 aromatic carbocycles. The largest absolute Gasteiger partial charge is 0.480 e. The minimum absolute atomic E-state index is 0.00445. The van der Waals surface area contributed by atoms with Crippen LogP contribution in [0.25, 0.3) is 0 Å². The third kappa shape index (κ3) is 2.69. The van der Waals surface area contributed by atoms with E-state index in [4.69, 9.17) is 11.6 Å². The number of thioether (sulfide) groups is 1. The molecule has 2 fully saturated rings. The normalized spacial score (nSPS) is 28.4. The Hall–Kier alpha value is -1.29. The summed E-state index contributed by atoms with van der Waals surface area (Å²) in [6.45, 7) is 3.46. The van der Waals surface area contributed by atoms with Crippen molar-refractivity contribution in [2.45, 2.75) is 40.9 Å². The zero-order valence-corrected chi connectivity index (χ0v) is 15.2. The number of fused-ring (bicyclic) bond motifs is 1. The highest BCUT2D eigenvalue weighted by atomic mass is 35.5. The highest BCUT2D eigenvalue weighted by molar-refractivity contribution is 8.01. The van der Waals surface area contributed by atoms with Crippen LogP contribution in [0.2, 0.25) is 5.02 Å². The van der Waals surface area contributed by atoms with Gasteiger partial charge < -0.3 is 10.0 Å². The Morgan fingerprint density at radius 1 is 1.33 bits per heavy atom. The Morgan fingerprint density at radius 2 is 1.92 bits per heavy atom. The number of sulfonamides is 1. The monoisotopic (exact) mass is 390 g/mol. The Morgan fingerprint density at radius 3 is 2.46 bits per heavy atom. The summed E-state index contributed by atoms with van der Waals surface area (Å²) in [5, 5.41) is 9.22. The first kappa shape index (κ1) is 17.5. The first-order chi connectivity index (χ1) is 11.0. The lowest BCUT2D eigenvalue weighted by Crippen LogP contribution is -2.70. The van der Waals surface area contributed by atoms with Gasteiger partial charge in [-0.05, 0) is 38.1 Å². The Balaban J connectivity index is 1.82. The van der Waals surface area contributed by atoms with E-state index in [0.717, 1.165) is 0 Å². The lowest BCUT2D eigenvalue weighted by atomic mass is 9.96. The van der Waals surface area contributed by atoms with Gasteiger partial charge in [0.25, 0.3) is 0 Å². The molecule has 3 rings (SSSR count). The van der Waals surface area contributed by atoms with Crippen molar-refractivity contribution in [1.29, 1.82) is 0 Å². The van der Waals surface area contributed by atoms with Gasteiger partial charge in [-0.15, -0.1) is 11.8 Å². The third-order valence-electron chi connectivity index (χ3n) is 4.08. The van der Waals surface area contributed by atoms with Gasteiger partial charge in [-0.1, -0.05) is 11.6 Å². The van der Waals surface area contributed by atoms with E-state index in [0.29, 0.717) is 5.02 Å². The van der Waals surface area contributed by atoms with E-state index >= 15 is 0 Å². The van der Waals surface area contributed by atoms with Gasteiger partial charge in [0, 0.05) is 9.77 Å². The van der Waals surface area contributed by atoms with Gasteiger partial charge in [0.15, 0.2) is 0 Å². The quantitative estimate of drug-likeness (QED) is 0.747. The predicted octanol–water partition coefficient (Wildman–Crippen LogP) is 1.13. The molecular formula is C14H15ClN2O5S2. The first-order valence-electron chi connectivity index (χ1n) is 7.05. The van der Waals surface area contributed by atoms with E-state index < -0.39 is 44.1 Å². The minimum Gasteiger partial charge on any atom is -0.480 e. The minimum atomic E-state index is -3.90. The second-order valence-corrected chi connectivity index (χ2v) is 10.1. The van der Waals surface area contributed by atoms with Crippen molar-refractivity contribution in [3.8, 4) is 0 Å². The zero-order valence-electron chi connectivity index (χ0n) is 12.8. The number of nitrogens with one attached hydrogen (secondary N) is 1. The highest BCUT2D eigenvalue weighted by Gasteiger charge is 2.64. The van der Waals surface area contributed by atoms with Crippen LogP contribution in [0.4, 0.5) is 0 Å². The second-order valence-electron chi connectivity index (χ2n) is 6.15. The summed E-state index contributed by atoms with van der Waals surface area (Å²) in [5.41, 5.74) is 0. The number of β-lactam (4-membered cyclic amide) rings is 1. The van der Waals surface area contributed by atoms with Gasteiger partial charge in [0.05, 0.1) is 4.90 Å². The maximum absolute atomic E-state index is 12.4. The molecule has 130 valence electrons. The number of halogens is 1. The Bertz CT molecular complexity index is 809. The molecule has 3 atom stereocenters. The van der Waals surface area contributed by atoms with Gasteiger partial charge in [0.1, 0.15) is 17.5 Å². The number of carboxylic acid groups (broad SMARTS) is 1. The molecule has 0 aliphatic carbocycles. The lowest BCUT2D eigenvalue weighted by Gasteiger charge is -2.43. The summed E-state index contributed by atoms with van der Waals surface area (Å²) in [4.78, 5) is 25.0. The van der Waals surface area contributed by atoms with Crippen LogP contribution in [0.5, 0.6) is 0 Å². The molecule has 0 saturated carbocycles. The number of amides is 1. The number of rotatable bonds is 4. The molecule has 1 amide bonds. The van der Waals surface area contributed by atoms with Crippen molar-refractivity contribution in [1.82, 2.24) is 9.62 Å². The van der Waals surface area contributed by atoms with Crippen LogP contribution < -0.4 is 4.72 Å². The molecule has 0 bridgehead atoms. The van der Waals surface area contributed by atoms with Crippen molar-refractivity contribution in [3.05, 3.63) is 29.3 Å². The predicted molar refractivity (Wildman–Crippen MR) is 89.3 cm³/mol. The fourth-order valence-electron chi connectivity index (χ4n) is 2.97. The fourth-order valence-corrected chi connectivity index (χ4v) is 6.00. The number of nitrogens with zero attached hydrogens (tertiary/aromatic N) is 1. The maximum Gasteiger partial charge on any atom is 0.327 e. The molecule has 24 heavy (non-hydrogen) atoms. The SMILES string of the molecule is CC1(C)SC2C(NS(=O)(=O)c3ccc(Cl)cc3)C(=O)N2C1C(=O)O. The van der Waals surface area contributed by atoms with E-state index in [1.807, 2.05) is 0 Å². The van der Waals surface area contributed by atoms with Crippen LogP contribution in [-0.4, -0.2) is 52.5 Å². The molecule has 0 radical (unpaired) electrons. The number of carbonyl (C=O) groups excluding carboxylic acids is 1. The highest BCUT2D eigenvalue weighted by Crippen LogP contribution is 2.50. The van der Waals surface area contributed by atoms with Crippen LogP contribution in [-0.2, 0) is 19.6 Å². The van der Waals surface area contributed by atoms with Crippen molar-refractivity contribution >= 4 is 45.3 Å². The average molecular weight is 391 g/mol. The fraction of sp³-hybridized carbons (Fsp3) is 0.429. The topological polar surface area (TPSA) is 104 Å². The second kappa shape index (κ2) is 5.62. The zero-order chi connectivity index (χ0) is 17.9. The standard InChI is InChI=1S/C14H15ClN2O5S2/c1-14(2)10(13(19)20)17-11(18)9(12(17)23-14)16-24(21,22)8-5-3-7(15)4-6-8/h3-6,9-10,12,16H,1-2H3,(H,19,20). The van der Waals surface area contributed by atoms with E-state index in [9.17, 15) is 23.1 Å². The molecule has 2 saturated heterocycles. The molecule has 1 aromatic rings. The van der Waals surface area contributed by atoms with E-state index in [2.05, 4.69) is 4.72 Å². The van der Waals surface area contributed by atoms with Gasteiger partial charge in [-0.25, -0.2) is 13.2 Å². The summed E-state index contributed by atoms with van der Waals surface area (Å²) in [6.07, 6.45) is 0. The number of carboxylic acids is 1. The Labute approximate surface area is 148 Å². The number of carbonyl (C=O) groups is 2. The van der Waals surface area contributed by atoms with Crippen molar-refractivity contribution < 1.29 is 23.1 Å². The number of hydrogen-bond donors (Lipinski definition) is 2. The number of aliphatic carboxylic acids is 1. The van der Waals surface area contributed by atoms with Crippen LogP contribution in [0.3, 0.4) is 0 Å². The van der Waals surface area contributed by atoms with E-state index in [1.165, 1.54) is 40.9 Å². The molecule has 3 unspecified atom stereocenters. The van der Waals surface area contributed by atoms with Gasteiger partial charge >= 0.3 is 5.97 Å². The van der Waals surface area contributed by atoms with Crippen molar-refractivity contribution in [3.63, 3.8) is 0 Å². The van der Waals surface area contributed by atoms with Gasteiger partial charge in [0.2, 0.25) is 15.9 Å². The molecule has 2 N–H and O–H groups in total. The molecule has 7 nitrogen and oxygen atoms in total. The Kier molecular flexibility index (Phi) is 4.10. The number of benzene rings is 1. The van der Waals surface area contributed by atoms with Crippen LogP contribution in [0.1, 0.15) is 13.8 Å². The van der Waals surface area contributed by atoms with E-state index in [-0.39, 0.29) is 4.90 Å². The van der Waals surface area contributed by atoms with Crippen molar-refractivity contribution in [2.75, 3.05) is 0 Å². The summed E-state index contributed by atoms with van der Waals surface area (Å²) in [7, 11) is -3.90. The first-order valence-corrected chi connectivity index (χ1v) is 9.79. The third-order valence-corrected chi connectivity index (χ3v) is 7.36.